The highest BCUT2D eigenvalue weighted by Crippen LogP contribution is 2.54. The van der Waals surface area contributed by atoms with Crippen LogP contribution in [0.4, 0.5) is 22.0 Å². The van der Waals surface area contributed by atoms with E-state index in [0.717, 1.165) is 38.5 Å². The van der Waals surface area contributed by atoms with Crippen LogP contribution in [-0.2, 0) is 21.5 Å². The lowest BCUT2D eigenvalue weighted by Gasteiger charge is -2.44. The summed E-state index contributed by atoms with van der Waals surface area (Å²) in [6, 6.07) is 18.8. The van der Waals surface area contributed by atoms with Crippen LogP contribution in [0.3, 0.4) is 0 Å². The van der Waals surface area contributed by atoms with E-state index in [4.69, 9.17) is 33.1 Å². The summed E-state index contributed by atoms with van der Waals surface area (Å²) in [5, 5.41) is 31.6. The molecule has 14 heteroatoms. The first kappa shape index (κ1) is 39.0. The number of carboxylic acid groups (broad SMARTS) is 2. The SMILES string of the molecule is CC(C)(C[C@@H]1N[C@@H](C(=O)O)[C@H](c2cccc(Cl)c2F)[C@@]1(C#N)c1ccc(Cl)cc1F)C1CCN(Cc2ccccc2)CC1.O=C(O)C(F)(F)F. The van der Waals surface area contributed by atoms with Crippen molar-refractivity contribution in [3.05, 3.63) is 105 Å². The van der Waals surface area contributed by atoms with E-state index in [2.05, 4.69) is 42.3 Å². The number of hydrogen-bond acceptors (Lipinski definition) is 5. The van der Waals surface area contributed by atoms with Crippen LogP contribution in [0.25, 0.3) is 0 Å². The van der Waals surface area contributed by atoms with Gasteiger partial charge in [-0.3, -0.25) is 15.0 Å². The van der Waals surface area contributed by atoms with Crippen LogP contribution in [-0.4, -0.2) is 58.4 Å². The van der Waals surface area contributed by atoms with Crippen molar-refractivity contribution in [2.45, 2.75) is 69.2 Å². The van der Waals surface area contributed by atoms with Gasteiger partial charge >= 0.3 is 18.1 Å². The maximum atomic E-state index is 15.8. The first-order valence-electron chi connectivity index (χ1n) is 15.8. The molecule has 3 aromatic carbocycles. The Morgan fingerprint density at radius 1 is 1.00 bits per heavy atom. The fourth-order valence-electron chi connectivity index (χ4n) is 7.34. The Hall–Kier alpha value is -3.76. The number of piperidine rings is 1. The molecule has 268 valence electrons. The maximum absolute atomic E-state index is 15.8. The number of nitriles is 1. The molecule has 3 aromatic rings. The summed E-state index contributed by atoms with van der Waals surface area (Å²) in [7, 11) is 0. The third-order valence-corrected chi connectivity index (χ3v) is 10.3. The summed E-state index contributed by atoms with van der Waals surface area (Å²) in [6.07, 6.45) is -2.86. The van der Waals surface area contributed by atoms with Crippen molar-refractivity contribution in [1.82, 2.24) is 10.2 Å². The molecule has 0 aliphatic carbocycles. The first-order valence-corrected chi connectivity index (χ1v) is 16.5. The Kier molecular flexibility index (Phi) is 12.2. The summed E-state index contributed by atoms with van der Waals surface area (Å²) in [5.74, 6) is -6.57. The molecule has 2 fully saturated rings. The molecule has 2 aliphatic rings. The number of nitrogens with zero attached hydrogens (tertiary/aromatic N) is 2. The second-order valence-electron chi connectivity index (χ2n) is 13.3. The normalized spacial score (nSPS) is 23.1. The number of hydrogen-bond donors (Lipinski definition) is 3. The number of nitrogens with one attached hydrogen (secondary N) is 1. The van der Waals surface area contributed by atoms with Crippen LogP contribution in [0.15, 0.2) is 66.7 Å². The van der Waals surface area contributed by atoms with E-state index in [1.54, 1.807) is 0 Å². The van der Waals surface area contributed by atoms with Gasteiger partial charge in [0.1, 0.15) is 23.1 Å². The smallest absolute Gasteiger partial charge is 0.480 e. The molecule has 0 radical (unpaired) electrons. The molecule has 0 bridgehead atoms. The molecule has 2 saturated heterocycles. The minimum absolute atomic E-state index is 0.0153. The molecule has 2 heterocycles. The standard InChI is InChI=1S/C34H35Cl2F2N3O2.C2HF3O2/c1-33(2,22-13-15-41(16-14-22)19-21-7-4-3-5-8-21)18-28-34(20-39,25-12-11-23(35)17-27(25)37)29(31(40-28)32(42)43)24-9-6-10-26(36)30(24)38;3-2(4,5)1(6)7/h3-12,17,22,28-29,31,40H,13-16,18-19H2,1-2H3,(H,42,43);(H,6,7)/t28-,29-,31+,34-;/m0./s1. The maximum Gasteiger partial charge on any atom is 0.490 e. The Morgan fingerprint density at radius 2 is 1.62 bits per heavy atom. The van der Waals surface area contributed by atoms with Gasteiger partial charge in [-0.15, -0.1) is 0 Å². The van der Waals surface area contributed by atoms with Gasteiger partial charge in [-0.05, 0) is 73.0 Å². The van der Waals surface area contributed by atoms with Crippen molar-refractivity contribution in [2.24, 2.45) is 11.3 Å². The van der Waals surface area contributed by atoms with E-state index in [0.29, 0.717) is 6.42 Å². The van der Waals surface area contributed by atoms with E-state index >= 15 is 8.78 Å². The lowest BCUT2D eigenvalue weighted by Crippen LogP contribution is -2.47. The number of carbonyl (C=O) groups is 2. The number of benzene rings is 3. The molecule has 2 aliphatic heterocycles. The lowest BCUT2D eigenvalue weighted by atomic mass is 9.60. The molecule has 0 unspecified atom stereocenters. The lowest BCUT2D eigenvalue weighted by molar-refractivity contribution is -0.192. The number of likely N-dealkylation sites (tertiary alicyclic amines) is 1. The van der Waals surface area contributed by atoms with Crippen LogP contribution in [0, 0.1) is 34.3 Å². The number of halogens is 7. The zero-order valence-electron chi connectivity index (χ0n) is 27.2. The fourth-order valence-corrected chi connectivity index (χ4v) is 7.68. The van der Waals surface area contributed by atoms with Gasteiger partial charge in [0.2, 0.25) is 0 Å². The molecular formula is C36H36Cl2F5N3O4. The highest BCUT2D eigenvalue weighted by Gasteiger charge is 2.62. The number of rotatable bonds is 8. The van der Waals surface area contributed by atoms with Gasteiger partial charge < -0.3 is 10.2 Å². The van der Waals surface area contributed by atoms with Crippen LogP contribution in [0.1, 0.15) is 55.7 Å². The first-order chi connectivity index (χ1) is 23.4. The summed E-state index contributed by atoms with van der Waals surface area (Å²) in [5.41, 5.74) is -0.921. The van der Waals surface area contributed by atoms with Crippen LogP contribution in [0.2, 0.25) is 10.0 Å². The zero-order chi connectivity index (χ0) is 37.0. The van der Waals surface area contributed by atoms with Crippen molar-refractivity contribution in [1.29, 1.82) is 5.26 Å². The third-order valence-electron chi connectivity index (χ3n) is 9.81. The van der Waals surface area contributed by atoms with Crippen LogP contribution in [0.5, 0.6) is 0 Å². The largest absolute Gasteiger partial charge is 0.490 e. The Balaban J connectivity index is 0.000000727. The molecule has 4 atom stereocenters. The third kappa shape index (κ3) is 8.40. The summed E-state index contributed by atoms with van der Waals surface area (Å²) >= 11 is 12.2. The van der Waals surface area contributed by atoms with Crippen molar-refractivity contribution in [3.63, 3.8) is 0 Å². The van der Waals surface area contributed by atoms with Gasteiger partial charge in [-0.25, -0.2) is 13.6 Å². The van der Waals surface area contributed by atoms with Gasteiger partial charge in [-0.2, -0.15) is 18.4 Å². The molecule has 5 rings (SSSR count). The van der Waals surface area contributed by atoms with E-state index in [1.807, 2.05) is 18.2 Å². The zero-order valence-corrected chi connectivity index (χ0v) is 28.7. The highest BCUT2D eigenvalue weighted by molar-refractivity contribution is 6.31. The van der Waals surface area contributed by atoms with E-state index in [1.165, 1.54) is 35.9 Å². The van der Waals surface area contributed by atoms with Gasteiger partial charge in [0, 0.05) is 29.1 Å². The van der Waals surface area contributed by atoms with E-state index in [9.17, 15) is 28.3 Å². The fraction of sp³-hybridized carbons (Fsp3) is 0.417. The molecule has 0 aromatic heterocycles. The number of carboxylic acids is 2. The summed E-state index contributed by atoms with van der Waals surface area (Å²) < 4.78 is 63.1. The Morgan fingerprint density at radius 3 is 2.16 bits per heavy atom. The van der Waals surface area contributed by atoms with Crippen molar-refractivity contribution < 1.29 is 41.8 Å². The predicted octanol–water partition coefficient (Wildman–Crippen LogP) is 8.20. The molecule has 3 N–H and O–H groups in total. The van der Waals surface area contributed by atoms with Gasteiger partial charge in [0.25, 0.3) is 0 Å². The average Bonchev–Trinajstić information content (AvgIpc) is 3.37. The van der Waals surface area contributed by atoms with Gasteiger partial charge in [0.05, 0.1) is 11.1 Å². The van der Waals surface area contributed by atoms with Crippen LogP contribution >= 0.6 is 23.2 Å². The van der Waals surface area contributed by atoms with E-state index in [-0.39, 0.29) is 32.5 Å². The number of alkyl halides is 3. The monoisotopic (exact) mass is 739 g/mol. The second-order valence-corrected chi connectivity index (χ2v) is 14.1. The molecule has 0 saturated carbocycles. The van der Waals surface area contributed by atoms with E-state index < -0.39 is 53.2 Å². The molecular weight excluding hydrogens is 704 g/mol. The van der Waals surface area contributed by atoms with Crippen molar-refractivity contribution >= 4 is 35.1 Å². The molecule has 50 heavy (non-hydrogen) atoms. The highest BCUT2D eigenvalue weighted by atomic mass is 35.5. The van der Waals surface area contributed by atoms with Crippen molar-refractivity contribution in [2.75, 3.05) is 13.1 Å². The van der Waals surface area contributed by atoms with Crippen molar-refractivity contribution in [3.8, 4) is 6.07 Å². The molecule has 0 amide bonds. The quantitative estimate of drug-likeness (QED) is 0.200. The van der Waals surface area contributed by atoms with Gasteiger partial charge in [0.15, 0.2) is 0 Å². The Labute approximate surface area is 296 Å². The summed E-state index contributed by atoms with van der Waals surface area (Å²) in [6.45, 7) is 6.93. The summed E-state index contributed by atoms with van der Waals surface area (Å²) in [4.78, 5) is 24.0. The average molecular weight is 741 g/mol. The second kappa shape index (κ2) is 15.6. The van der Waals surface area contributed by atoms with Gasteiger partial charge in [-0.1, -0.05) is 85.6 Å². The molecule has 0 spiro atoms. The predicted molar refractivity (Wildman–Crippen MR) is 178 cm³/mol. The minimum atomic E-state index is -5.08. The number of aliphatic carboxylic acids is 2. The minimum Gasteiger partial charge on any atom is -0.480 e. The van der Waals surface area contributed by atoms with Crippen LogP contribution < -0.4 is 5.32 Å². The Bertz CT molecular complexity index is 1730. The molecule has 7 nitrogen and oxygen atoms in total. The topological polar surface area (TPSA) is 114 Å².